The molecular weight excluding hydrogens is 538 g/mol. The maximum absolute atomic E-state index is 12.8. The van der Waals surface area contributed by atoms with E-state index in [1.165, 1.54) is 16.8 Å². The monoisotopic (exact) mass is 589 g/mol. The molecule has 0 unspecified atom stereocenters. The lowest BCUT2D eigenvalue weighted by atomic mass is 9.97. The van der Waals surface area contributed by atoms with Crippen LogP contribution >= 0.6 is 0 Å². The number of hydrogen-bond acceptors (Lipinski definition) is 6. The van der Waals surface area contributed by atoms with E-state index in [-0.39, 0.29) is 6.04 Å². The zero-order valence-electron chi connectivity index (χ0n) is 27.1. The molecular formula is C35H51N5O3. The highest BCUT2D eigenvalue weighted by molar-refractivity contribution is 5.81. The van der Waals surface area contributed by atoms with Crippen LogP contribution in [-0.4, -0.2) is 75.5 Å². The predicted molar refractivity (Wildman–Crippen MR) is 178 cm³/mol. The van der Waals surface area contributed by atoms with E-state index in [4.69, 9.17) is 14.5 Å². The average molecular weight is 590 g/mol. The van der Waals surface area contributed by atoms with Crippen LogP contribution in [0.5, 0.6) is 11.5 Å². The van der Waals surface area contributed by atoms with Gasteiger partial charge < -0.3 is 29.5 Å². The summed E-state index contributed by atoms with van der Waals surface area (Å²) in [4.78, 5) is 24.5. The van der Waals surface area contributed by atoms with Crippen LogP contribution < -0.4 is 19.7 Å². The Kier molecular flexibility index (Phi) is 13.6. The van der Waals surface area contributed by atoms with Crippen molar-refractivity contribution in [2.75, 3.05) is 58.4 Å². The van der Waals surface area contributed by atoms with E-state index in [1.807, 2.05) is 36.1 Å². The second-order valence-corrected chi connectivity index (χ2v) is 10.9. The molecule has 0 spiro atoms. The van der Waals surface area contributed by atoms with Crippen LogP contribution in [0.2, 0.25) is 0 Å². The topological polar surface area (TPSA) is 69.6 Å². The maximum atomic E-state index is 12.8. The van der Waals surface area contributed by atoms with Crippen molar-refractivity contribution in [2.24, 2.45) is 4.99 Å². The van der Waals surface area contributed by atoms with E-state index in [1.54, 1.807) is 20.3 Å². The summed E-state index contributed by atoms with van der Waals surface area (Å²) in [6.45, 7) is 18.5. The van der Waals surface area contributed by atoms with Gasteiger partial charge in [-0.05, 0) is 80.6 Å². The van der Waals surface area contributed by atoms with Gasteiger partial charge in [0.2, 0.25) is 6.41 Å². The van der Waals surface area contributed by atoms with Crippen LogP contribution in [0.15, 0.2) is 65.8 Å². The Morgan fingerprint density at radius 2 is 1.86 bits per heavy atom. The van der Waals surface area contributed by atoms with Gasteiger partial charge in [0.25, 0.3) is 0 Å². The van der Waals surface area contributed by atoms with E-state index < -0.39 is 0 Å². The molecule has 8 heteroatoms. The maximum Gasteiger partial charge on any atom is 0.210 e. The van der Waals surface area contributed by atoms with E-state index in [0.717, 1.165) is 75.5 Å². The molecule has 1 N–H and O–H groups in total. The minimum absolute atomic E-state index is 0.156. The number of anilines is 1. The molecule has 3 rings (SSSR count). The quantitative estimate of drug-likeness (QED) is 0.0836. The molecule has 8 nitrogen and oxygen atoms in total. The van der Waals surface area contributed by atoms with Crippen LogP contribution in [0.1, 0.15) is 62.8 Å². The number of amides is 1. The highest BCUT2D eigenvalue weighted by Crippen LogP contribution is 2.35. The highest BCUT2D eigenvalue weighted by Gasteiger charge is 2.25. The molecule has 2 aromatic carbocycles. The van der Waals surface area contributed by atoms with Crippen LogP contribution in [0.25, 0.3) is 0 Å². The zero-order valence-corrected chi connectivity index (χ0v) is 27.1. The Balaban J connectivity index is 1.87. The fourth-order valence-electron chi connectivity index (χ4n) is 5.67. The SMILES string of the molecule is C=C/C=C(/CC)NC(C)=NCCC[C@H](c1ccc(OC)c(OC)c1)N(C=O)Cc1c(C)cccc1N1CCN(CC)CC1. The summed E-state index contributed by atoms with van der Waals surface area (Å²) in [5.41, 5.74) is 5.71. The third-order valence-corrected chi connectivity index (χ3v) is 8.24. The predicted octanol–water partition coefficient (Wildman–Crippen LogP) is 6.12. The van der Waals surface area contributed by atoms with Gasteiger partial charge in [0.05, 0.1) is 26.1 Å². The second kappa shape index (κ2) is 17.4. The number of carbonyl (C=O) groups excluding carboxylic acids is 1. The summed E-state index contributed by atoms with van der Waals surface area (Å²) in [5, 5.41) is 3.37. The molecule has 1 heterocycles. The van der Waals surface area contributed by atoms with Gasteiger partial charge in [0.1, 0.15) is 0 Å². The zero-order chi connectivity index (χ0) is 31.2. The van der Waals surface area contributed by atoms with Crippen molar-refractivity contribution in [1.82, 2.24) is 15.1 Å². The number of methoxy groups -OCH3 is 2. The lowest BCUT2D eigenvalue weighted by Gasteiger charge is -2.38. The van der Waals surface area contributed by atoms with E-state index in [2.05, 4.69) is 60.7 Å². The number of aliphatic imine (C=N–C) groups is 1. The average Bonchev–Trinajstić information content (AvgIpc) is 3.04. The molecule has 0 radical (unpaired) electrons. The van der Waals surface area contributed by atoms with Crippen molar-refractivity contribution in [2.45, 2.75) is 59.5 Å². The number of amidine groups is 1. The lowest BCUT2D eigenvalue weighted by Crippen LogP contribution is -2.46. The molecule has 0 aromatic heterocycles. The van der Waals surface area contributed by atoms with E-state index in [9.17, 15) is 4.79 Å². The van der Waals surface area contributed by atoms with Gasteiger partial charge in [0.15, 0.2) is 11.5 Å². The molecule has 1 saturated heterocycles. The first kappa shape index (κ1) is 33.7. The Morgan fingerprint density at radius 1 is 1.12 bits per heavy atom. The van der Waals surface area contributed by atoms with Crippen LogP contribution in [0.3, 0.4) is 0 Å². The molecule has 0 aliphatic carbocycles. The number of aryl methyl sites for hydroxylation is 1. The summed E-state index contributed by atoms with van der Waals surface area (Å²) >= 11 is 0. The summed E-state index contributed by atoms with van der Waals surface area (Å²) in [6.07, 6.45) is 7.20. The van der Waals surface area contributed by atoms with Crippen molar-refractivity contribution in [3.63, 3.8) is 0 Å². The van der Waals surface area contributed by atoms with Gasteiger partial charge in [-0.3, -0.25) is 9.79 Å². The van der Waals surface area contributed by atoms with E-state index >= 15 is 0 Å². The smallest absolute Gasteiger partial charge is 0.210 e. The third kappa shape index (κ3) is 9.35. The number of likely N-dealkylation sites (N-methyl/N-ethyl adjacent to an activating group) is 1. The van der Waals surface area contributed by atoms with Gasteiger partial charge in [-0.1, -0.05) is 44.7 Å². The van der Waals surface area contributed by atoms with Crippen LogP contribution in [0.4, 0.5) is 5.69 Å². The summed E-state index contributed by atoms with van der Waals surface area (Å²) in [7, 11) is 3.28. The first-order valence-electron chi connectivity index (χ1n) is 15.5. The number of carbonyl (C=O) groups is 1. The number of hydrogen-bond donors (Lipinski definition) is 1. The number of allylic oxidation sites excluding steroid dienone is 3. The number of ether oxygens (including phenoxy) is 2. The molecule has 1 fully saturated rings. The molecule has 1 amide bonds. The van der Waals surface area contributed by atoms with Gasteiger partial charge in [-0.25, -0.2) is 0 Å². The van der Waals surface area contributed by atoms with Gasteiger partial charge in [-0.15, -0.1) is 0 Å². The summed E-state index contributed by atoms with van der Waals surface area (Å²) in [5.74, 6) is 2.19. The first-order chi connectivity index (χ1) is 20.9. The summed E-state index contributed by atoms with van der Waals surface area (Å²) < 4.78 is 11.1. The fourth-order valence-corrected chi connectivity index (χ4v) is 5.67. The number of nitrogens with zero attached hydrogens (tertiary/aromatic N) is 4. The first-order valence-corrected chi connectivity index (χ1v) is 15.5. The molecule has 0 saturated carbocycles. The number of benzene rings is 2. The van der Waals surface area contributed by atoms with Gasteiger partial charge in [0, 0.05) is 50.7 Å². The van der Waals surface area contributed by atoms with Crippen molar-refractivity contribution in [1.29, 1.82) is 0 Å². The number of nitrogens with one attached hydrogen (secondary N) is 1. The van der Waals surface area contributed by atoms with Crippen LogP contribution in [-0.2, 0) is 11.3 Å². The minimum Gasteiger partial charge on any atom is -0.493 e. The summed E-state index contributed by atoms with van der Waals surface area (Å²) in [6, 6.07) is 12.3. The fraction of sp³-hybridized carbons (Fsp3) is 0.486. The van der Waals surface area contributed by atoms with Crippen molar-refractivity contribution in [3.8, 4) is 11.5 Å². The van der Waals surface area contributed by atoms with Crippen molar-refractivity contribution >= 4 is 17.9 Å². The van der Waals surface area contributed by atoms with Gasteiger partial charge in [-0.2, -0.15) is 0 Å². The molecule has 1 aliphatic heterocycles. The van der Waals surface area contributed by atoms with Gasteiger partial charge >= 0.3 is 0 Å². The number of rotatable bonds is 16. The Morgan fingerprint density at radius 3 is 2.49 bits per heavy atom. The molecule has 1 atom stereocenters. The standard InChI is InChI=1S/C35H51N5O3/c1-8-13-30(9-2)37-28(5)36-19-12-16-32(29-17-18-34(42-6)35(24-29)43-7)40(26-41)25-31-27(4)14-11-15-33(31)39-22-20-38(10-3)21-23-39/h8,11,13-15,17-18,24,26,32H,1,9-10,12,16,19-23,25H2,2-7H3,(H,36,37)/b30-13-/t32-/m1/s1. The van der Waals surface area contributed by atoms with E-state index in [0.29, 0.717) is 24.6 Å². The molecule has 0 bridgehead atoms. The Labute approximate surface area is 259 Å². The van der Waals surface area contributed by atoms with Crippen molar-refractivity contribution < 1.29 is 14.3 Å². The molecule has 234 valence electrons. The Bertz CT molecular complexity index is 1250. The van der Waals surface area contributed by atoms with Crippen LogP contribution in [0, 0.1) is 6.92 Å². The molecule has 2 aromatic rings. The Hall–Kier alpha value is -3.78. The molecule has 1 aliphatic rings. The second-order valence-electron chi connectivity index (χ2n) is 10.9. The highest BCUT2D eigenvalue weighted by atomic mass is 16.5. The number of piperazine rings is 1. The largest absolute Gasteiger partial charge is 0.493 e. The minimum atomic E-state index is -0.156. The molecule has 43 heavy (non-hydrogen) atoms. The lowest BCUT2D eigenvalue weighted by molar-refractivity contribution is -0.121. The third-order valence-electron chi connectivity index (χ3n) is 8.24. The normalized spacial score (nSPS) is 15.2. The van der Waals surface area contributed by atoms with Crippen molar-refractivity contribution in [3.05, 3.63) is 77.5 Å².